The molecule has 0 radical (unpaired) electrons. The van der Waals surface area contributed by atoms with Gasteiger partial charge in [-0.3, -0.25) is 4.79 Å². The molecule has 1 atom stereocenters. The molecule has 1 aliphatic rings. The first kappa shape index (κ1) is 21.8. The van der Waals surface area contributed by atoms with E-state index in [0.717, 1.165) is 28.6 Å². The number of nitrogens with one attached hydrogen (secondary N) is 1. The number of methoxy groups -OCH3 is 1. The maximum atomic E-state index is 13.1. The van der Waals surface area contributed by atoms with Crippen molar-refractivity contribution in [3.05, 3.63) is 58.6 Å². The van der Waals surface area contributed by atoms with Gasteiger partial charge < -0.3 is 10.1 Å². The molecule has 0 aromatic heterocycles. The van der Waals surface area contributed by atoms with Gasteiger partial charge >= 0.3 is 0 Å². The van der Waals surface area contributed by atoms with Crippen molar-refractivity contribution in [1.82, 2.24) is 9.62 Å². The standard InChI is InChI=1S/C21H25BrN2O4S/c1-28-18-9-5-16(6-10-18)13-14-23-21(25)20-4-2-3-15-24(20)29(26,27)19-11-7-17(22)8-12-19/h5-12,20H,2-4,13-15H2,1H3,(H,23,25). The number of sulfonamides is 1. The lowest BCUT2D eigenvalue weighted by Crippen LogP contribution is -2.52. The van der Waals surface area contributed by atoms with E-state index in [1.54, 1.807) is 31.4 Å². The molecule has 0 bridgehead atoms. The number of amides is 1. The smallest absolute Gasteiger partial charge is 0.243 e. The highest BCUT2D eigenvalue weighted by atomic mass is 79.9. The van der Waals surface area contributed by atoms with Crippen LogP contribution in [0.1, 0.15) is 24.8 Å². The third-order valence-electron chi connectivity index (χ3n) is 5.05. The number of nitrogens with zero attached hydrogens (tertiary/aromatic N) is 1. The van der Waals surface area contributed by atoms with Crippen LogP contribution in [0, 0.1) is 0 Å². The summed E-state index contributed by atoms with van der Waals surface area (Å²) in [6.07, 6.45) is 2.79. The number of hydrogen-bond acceptors (Lipinski definition) is 4. The zero-order valence-electron chi connectivity index (χ0n) is 16.3. The van der Waals surface area contributed by atoms with Crippen molar-refractivity contribution in [2.24, 2.45) is 0 Å². The van der Waals surface area contributed by atoms with Crippen LogP contribution in [0.15, 0.2) is 57.9 Å². The fourth-order valence-corrected chi connectivity index (χ4v) is 5.36. The van der Waals surface area contributed by atoms with Crippen LogP contribution in [0.5, 0.6) is 5.75 Å². The number of rotatable bonds is 7. The molecule has 1 amide bonds. The number of carbonyl (C=O) groups excluding carboxylic acids is 1. The van der Waals surface area contributed by atoms with E-state index in [1.807, 2.05) is 24.3 Å². The number of halogens is 1. The van der Waals surface area contributed by atoms with Crippen LogP contribution in [-0.2, 0) is 21.2 Å². The van der Waals surface area contributed by atoms with Gasteiger partial charge in [0.1, 0.15) is 11.8 Å². The average molecular weight is 481 g/mol. The molecule has 0 aliphatic carbocycles. The summed E-state index contributed by atoms with van der Waals surface area (Å²) >= 11 is 3.32. The third-order valence-corrected chi connectivity index (χ3v) is 7.50. The molecule has 1 aliphatic heterocycles. The first-order chi connectivity index (χ1) is 13.9. The van der Waals surface area contributed by atoms with Crippen LogP contribution in [0.3, 0.4) is 0 Å². The average Bonchev–Trinajstić information content (AvgIpc) is 2.74. The molecule has 1 fully saturated rings. The van der Waals surface area contributed by atoms with Crippen molar-refractivity contribution >= 4 is 31.9 Å². The van der Waals surface area contributed by atoms with Gasteiger partial charge in [-0.2, -0.15) is 4.31 Å². The van der Waals surface area contributed by atoms with Crippen LogP contribution in [0.4, 0.5) is 0 Å². The van der Waals surface area contributed by atoms with Crippen LogP contribution >= 0.6 is 15.9 Å². The Morgan fingerprint density at radius 3 is 2.48 bits per heavy atom. The molecule has 8 heteroatoms. The van der Waals surface area contributed by atoms with Gasteiger partial charge in [0.2, 0.25) is 15.9 Å². The summed E-state index contributed by atoms with van der Waals surface area (Å²) in [5, 5.41) is 2.91. The van der Waals surface area contributed by atoms with Gasteiger partial charge in [0.25, 0.3) is 0 Å². The first-order valence-corrected chi connectivity index (χ1v) is 11.8. The fourth-order valence-electron chi connectivity index (χ4n) is 3.44. The number of hydrogen-bond donors (Lipinski definition) is 1. The maximum Gasteiger partial charge on any atom is 0.243 e. The van der Waals surface area contributed by atoms with Crippen LogP contribution < -0.4 is 10.1 Å². The molecule has 2 aromatic rings. The van der Waals surface area contributed by atoms with Gasteiger partial charge in [-0.05, 0) is 61.2 Å². The topological polar surface area (TPSA) is 75.7 Å². The van der Waals surface area contributed by atoms with Crippen molar-refractivity contribution in [1.29, 1.82) is 0 Å². The predicted molar refractivity (Wildman–Crippen MR) is 115 cm³/mol. The summed E-state index contributed by atoms with van der Waals surface area (Å²) in [5.74, 6) is 0.549. The molecule has 1 heterocycles. The summed E-state index contributed by atoms with van der Waals surface area (Å²) in [5.41, 5.74) is 1.08. The van der Waals surface area contributed by atoms with Gasteiger partial charge in [-0.1, -0.05) is 34.5 Å². The van der Waals surface area contributed by atoms with Gasteiger partial charge in [-0.25, -0.2) is 8.42 Å². The van der Waals surface area contributed by atoms with E-state index in [9.17, 15) is 13.2 Å². The molecule has 29 heavy (non-hydrogen) atoms. The minimum atomic E-state index is -3.72. The lowest BCUT2D eigenvalue weighted by Gasteiger charge is -2.33. The number of piperidine rings is 1. The number of benzene rings is 2. The van der Waals surface area contributed by atoms with Crippen molar-refractivity contribution < 1.29 is 17.9 Å². The molecule has 0 spiro atoms. The Bertz CT molecular complexity index is 930. The molecule has 1 N–H and O–H groups in total. The third kappa shape index (κ3) is 5.38. The SMILES string of the molecule is COc1ccc(CCNC(=O)C2CCCCN2S(=O)(=O)c2ccc(Br)cc2)cc1. The van der Waals surface area contributed by atoms with E-state index in [2.05, 4.69) is 21.2 Å². The summed E-state index contributed by atoms with van der Waals surface area (Å²) in [6, 6.07) is 13.5. The zero-order valence-corrected chi connectivity index (χ0v) is 18.7. The molecule has 3 rings (SSSR count). The second-order valence-electron chi connectivity index (χ2n) is 6.97. The van der Waals surface area contributed by atoms with Crippen molar-refractivity contribution in [2.75, 3.05) is 20.2 Å². The highest BCUT2D eigenvalue weighted by Crippen LogP contribution is 2.26. The van der Waals surface area contributed by atoms with E-state index >= 15 is 0 Å². The Morgan fingerprint density at radius 1 is 1.14 bits per heavy atom. The van der Waals surface area contributed by atoms with Gasteiger partial charge in [0.15, 0.2) is 0 Å². The highest BCUT2D eigenvalue weighted by molar-refractivity contribution is 9.10. The fraction of sp³-hybridized carbons (Fsp3) is 0.381. The Kier molecular flexibility index (Phi) is 7.32. The lowest BCUT2D eigenvalue weighted by molar-refractivity contribution is -0.125. The largest absolute Gasteiger partial charge is 0.497 e. The van der Waals surface area contributed by atoms with Gasteiger partial charge in [0, 0.05) is 17.6 Å². The monoisotopic (exact) mass is 480 g/mol. The predicted octanol–water partition coefficient (Wildman–Crippen LogP) is 3.36. The summed E-state index contributed by atoms with van der Waals surface area (Å²) in [4.78, 5) is 13.0. The summed E-state index contributed by atoms with van der Waals surface area (Å²) < 4.78 is 33.5. The van der Waals surface area contributed by atoms with E-state index in [4.69, 9.17) is 4.74 Å². The lowest BCUT2D eigenvalue weighted by atomic mass is 10.0. The van der Waals surface area contributed by atoms with E-state index < -0.39 is 16.1 Å². The first-order valence-electron chi connectivity index (χ1n) is 9.60. The molecule has 1 unspecified atom stereocenters. The second-order valence-corrected chi connectivity index (χ2v) is 9.78. The van der Waals surface area contributed by atoms with Crippen molar-refractivity contribution in [3.8, 4) is 5.75 Å². The van der Waals surface area contributed by atoms with Crippen molar-refractivity contribution in [2.45, 2.75) is 36.6 Å². The van der Waals surface area contributed by atoms with Gasteiger partial charge in [0.05, 0.1) is 12.0 Å². The summed E-state index contributed by atoms with van der Waals surface area (Å²) in [7, 11) is -2.10. The molecule has 6 nitrogen and oxygen atoms in total. The molecular weight excluding hydrogens is 456 g/mol. The van der Waals surface area contributed by atoms with Crippen LogP contribution in [-0.4, -0.2) is 44.9 Å². The normalized spacial score (nSPS) is 17.7. The molecule has 2 aromatic carbocycles. The van der Waals surface area contributed by atoms with E-state index in [1.165, 1.54) is 4.31 Å². The molecule has 1 saturated heterocycles. The maximum absolute atomic E-state index is 13.1. The van der Waals surface area contributed by atoms with E-state index in [0.29, 0.717) is 25.9 Å². The van der Waals surface area contributed by atoms with Crippen LogP contribution in [0.2, 0.25) is 0 Å². The minimum absolute atomic E-state index is 0.207. The molecule has 156 valence electrons. The van der Waals surface area contributed by atoms with E-state index in [-0.39, 0.29) is 10.8 Å². The minimum Gasteiger partial charge on any atom is -0.497 e. The Labute approximate surface area is 180 Å². The Balaban J connectivity index is 1.65. The molecular formula is C21H25BrN2O4S. The number of carbonyl (C=O) groups is 1. The van der Waals surface area contributed by atoms with Crippen LogP contribution in [0.25, 0.3) is 0 Å². The Hall–Kier alpha value is -1.90. The molecule has 0 saturated carbocycles. The second kappa shape index (κ2) is 9.73. The zero-order chi connectivity index (χ0) is 20.9. The highest BCUT2D eigenvalue weighted by Gasteiger charge is 2.37. The number of ether oxygens (including phenoxy) is 1. The Morgan fingerprint density at radius 2 is 1.83 bits per heavy atom. The quantitative estimate of drug-likeness (QED) is 0.658. The summed E-state index contributed by atoms with van der Waals surface area (Å²) in [6.45, 7) is 0.808. The van der Waals surface area contributed by atoms with Crippen molar-refractivity contribution in [3.63, 3.8) is 0 Å². The van der Waals surface area contributed by atoms with Gasteiger partial charge in [-0.15, -0.1) is 0 Å².